The number of primary amides is 1. The monoisotopic (exact) mass is 275 g/mol. The van der Waals surface area contributed by atoms with E-state index in [9.17, 15) is 4.79 Å². The van der Waals surface area contributed by atoms with Gasteiger partial charge in [0.2, 0.25) is 5.91 Å². The van der Waals surface area contributed by atoms with Gasteiger partial charge in [0.1, 0.15) is 0 Å². The fourth-order valence-electron chi connectivity index (χ4n) is 2.49. The highest BCUT2D eigenvalue weighted by molar-refractivity contribution is 5.80. The Bertz CT molecular complexity index is 459. The average Bonchev–Trinajstić information content (AvgIpc) is 2.40. The van der Waals surface area contributed by atoms with Gasteiger partial charge in [0.25, 0.3) is 0 Å². The number of nitrogens with zero attached hydrogens (tertiary/aromatic N) is 2. The molecule has 1 aromatic carbocycles. The number of piperazine rings is 1. The number of carbonyl (C=O) groups excluding carboxylic acids is 1. The maximum absolute atomic E-state index is 11.4. The lowest BCUT2D eigenvalue weighted by atomic mass is 9.85. The molecule has 0 aromatic heterocycles. The van der Waals surface area contributed by atoms with Gasteiger partial charge in [-0.15, -0.1) is 0 Å². The summed E-state index contributed by atoms with van der Waals surface area (Å²) in [4.78, 5) is 16.1. The quantitative estimate of drug-likeness (QED) is 0.906. The Hall–Kier alpha value is -1.55. The predicted octanol–water partition coefficient (Wildman–Crippen LogP) is 1.49. The van der Waals surface area contributed by atoms with Gasteiger partial charge in [-0.2, -0.15) is 0 Å². The van der Waals surface area contributed by atoms with E-state index in [0.717, 1.165) is 31.7 Å². The number of nitrogens with two attached hydrogens (primary N) is 1. The SMILES string of the molecule is CN1CCN(c2ccc(CC(C)(C)C(N)=O)cc2)CC1. The molecule has 1 aliphatic rings. The van der Waals surface area contributed by atoms with Gasteiger partial charge in [-0.05, 0) is 31.2 Å². The third-order valence-electron chi connectivity index (χ3n) is 4.12. The zero-order valence-electron chi connectivity index (χ0n) is 12.7. The molecule has 1 saturated heterocycles. The third-order valence-corrected chi connectivity index (χ3v) is 4.12. The van der Waals surface area contributed by atoms with Crippen LogP contribution in [-0.4, -0.2) is 44.0 Å². The molecule has 4 heteroatoms. The van der Waals surface area contributed by atoms with Crippen LogP contribution >= 0.6 is 0 Å². The molecule has 0 unspecified atom stereocenters. The molecule has 1 aliphatic heterocycles. The van der Waals surface area contributed by atoms with Crippen molar-refractivity contribution in [3.8, 4) is 0 Å². The molecule has 2 rings (SSSR count). The van der Waals surface area contributed by atoms with Crippen LogP contribution in [0.5, 0.6) is 0 Å². The van der Waals surface area contributed by atoms with Gasteiger partial charge >= 0.3 is 0 Å². The van der Waals surface area contributed by atoms with Crippen molar-refractivity contribution in [2.24, 2.45) is 11.1 Å². The Labute approximate surface area is 121 Å². The molecule has 1 heterocycles. The molecule has 20 heavy (non-hydrogen) atoms. The zero-order chi connectivity index (χ0) is 14.8. The fourth-order valence-corrected chi connectivity index (χ4v) is 2.49. The summed E-state index contributed by atoms with van der Waals surface area (Å²) >= 11 is 0. The third kappa shape index (κ3) is 3.51. The Morgan fingerprint density at radius 1 is 1.15 bits per heavy atom. The van der Waals surface area contributed by atoms with Crippen molar-refractivity contribution in [2.45, 2.75) is 20.3 Å². The number of benzene rings is 1. The molecule has 4 nitrogen and oxygen atoms in total. The van der Waals surface area contributed by atoms with Crippen LogP contribution in [0.1, 0.15) is 19.4 Å². The maximum Gasteiger partial charge on any atom is 0.223 e. The standard InChI is InChI=1S/C16H25N3O/c1-16(2,15(17)20)12-13-4-6-14(7-5-13)19-10-8-18(3)9-11-19/h4-7H,8-12H2,1-3H3,(H2,17,20). The number of hydrogen-bond acceptors (Lipinski definition) is 3. The van der Waals surface area contributed by atoms with Crippen molar-refractivity contribution in [2.75, 3.05) is 38.1 Å². The van der Waals surface area contributed by atoms with Crippen LogP contribution in [0, 0.1) is 5.41 Å². The molecule has 0 spiro atoms. The first-order chi connectivity index (χ1) is 9.38. The van der Waals surface area contributed by atoms with E-state index < -0.39 is 5.41 Å². The van der Waals surface area contributed by atoms with E-state index in [1.807, 2.05) is 13.8 Å². The first-order valence-corrected chi connectivity index (χ1v) is 7.21. The van der Waals surface area contributed by atoms with Crippen molar-refractivity contribution < 1.29 is 4.79 Å². The minimum absolute atomic E-state index is 0.249. The molecule has 1 amide bonds. The van der Waals surface area contributed by atoms with E-state index in [4.69, 9.17) is 5.73 Å². The van der Waals surface area contributed by atoms with Crippen LogP contribution in [0.3, 0.4) is 0 Å². The molecule has 0 atom stereocenters. The molecule has 110 valence electrons. The van der Waals surface area contributed by atoms with Crippen LogP contribution in [0.25, 0.3) is 0 Å². The lowest BCUT2D eigenvalue weighted by Gasteiger charge is -2.34. The number of hydrogen-bond donors (Lipinski definition) is 1. The predicted molar refractivity (Wildman–Crippen MR) is 82.8 cm³/mol. The van der Waals surface area contributed by atoms with E-state index in [-0.39, 0.29) is 5.91 Å². The highest BCUT2D eigenvalue weighted by Crippen LogP contribution is 2.23. The van der Waals surface area contributed by atoms with Gasteiger partial charge in [-0.1, -0.05) is 26.0 Å². The second-order valence-corrected chi connectivity index (χ2v) is 6.38. The normalized spacial score (nSPS) is 17.2. The molecule has 0 saturated carbocycles. The summed E-state index contributed by atoms with van der Waals surface area (Å²) in [6.07, 6.45) is 0.686. The molecule has 0 aliphatic carbocycles. The number of rotatable bonds is 4. The van der Waals surface area contributed by atoms with Crippen LogP contribution in [0.2, 0.25) is 0 Å². The Morgan fingerprint density at radius 3 is 2.20 bits per heavy atom. The fraction of sp³-hybridized carbons (Fsp3) is 0.562. The Balaban J connectivity index is 2.01. The zero-order valence-corrected chi connectivity index (χ0v) is 12.7. The van der Waals surface area contributed by atoms with Crippen molar-refractivity contribution in [1.82, 2.24) is 4.90 Å². The van der Waals surface area contributed by atoms with E-state index in [1.54, 1.807) is 0 Å². The van der Waals surface area contributed by atoms with Gasteiger partial charge in [0.05, 0.1) is 0 Å². The summed E-state index contributed by atoms with van der Waals surface area (Å²) in [7, 11) is 2.16. The topological polar surface area (TPSA) is 49.6 Å². The van der Waals surface area contributed by atoms with Crippen LogP contribution in [0.15, 0.2) is 24.3 Å². The van der Waals surface area contributed by atoms with Crippen LogP contribution in [-0.2, 0) is 11.2 Å². The first kappa shape index (κ1) is 14.9. The molecular formula is C16H25N3O. The number of amides is 1. The summed E-state index contributed by atoms with van der Waals surface area (Å²) in [5, 5.41) is 0. The van der Waals surface area contributed by atoms with E-state index >= 15 is 0 Å². The van der Waals surface area contributed by atoms with Crippen LogP contribution < -0.4 is 10.6 Å². The van der Waals surface area contributed by atoms with Gasteiger partial charge in [0.15, 0.2) is 0 Å². The van der Waals surface area contributed by atoms with Gasteiger partial charge < -0.3 is 15.5 Å². The van der Waals surface area contributed by atoms with E-state index in [1.165, 1.54) is 5.69 Å². The minimum Gasteiger partial charge on any atom is -0.369 e. The Morgan fingerprint density at radius 2 is 1.70 bits per heavy atom. The van der Waals surface area contributed by atoms with Crippen molar-refractivity contribution >= 4 is 11.6 Å². The first-order valence-electron chi connectivity index (χ1n) is 7.21. The van der Waals surface area contributed by atoms with Gasteiger partial charge in [0, 0.05) is 37.3 Å². The van der Waals surface area contributed by atoms with E-state index in [2.05, 4.69) is 41.1 Å². The lowest BCUT2D eigenvalue weighted by molar-refractivity contribution is -0.125. The van der Waals surface area contributed by atoms with Crippen molar-refractivity contribution in [1.29, 1.82) is 0 Å². The van der Waals surface area contributed by atoms with Crippen molar-refractivity contribution in [3.63, 3.8) is 0 Å². The average molecular weight is 275 g/mol. The summed E-state index contributed by atoms with van der Waals surface area (Å²) in [5.41, 5.74) is 7.36. The Kier molecular flexibility index (Phi) is 4.33. The van der Waals surface area contributed by atoms with Gasteiger partial charge in [-0.3, -0.25) is 4.79 Å². The highest BCUT2D eigenvalue weighted by atomic mass is 16.1. The second kappa shape index (κ2) is 5.83. The second-order valence-electron chi connectivity index (χ2n) is 6.38. The summed E-state index contributed by atoms with van der Waals surface area (Å²) in [5.74, 6) is -0.249. The number of anilines is 1. The number of likely N-dealkylation sites (N-methyl/N-ethyl adjacent to an activating group) is 1. The number of carbonyl (C=O) groups is 1. The summed E-state index contributed by atoms with van der Waals surface area (Å²) in [6, 6.07) is 8.52. The highest BCUT2D eigenvalue weighted by Gasteiger charge is 2.25. The summed E-state index contributed by atoms with van der Waals surface area (Å²) < 4.78 is 0. The molecule has 0 bridgehead atoms. The molecule has 1 aromatic rings. The van der Waals surface area contributed by atoms with Gasteiger partial charge in [-0.25, -0.2) is 0 Å². The van der Waals surface area contributed by atoms with Crippen molar-refractivity contribution in [3.05, 3.63) is 29.8 Å². The molecule has 0 radical (unpaired) electrons. The molecule has 1 fully saturated rings. The van der Waals surface area contributed by atoms with Crippen LogP contribution in [0.4, 0.5) is 5.69 Å². The molecule has 2 N–H and O–H groups in total. The maximum atomic E-state index is 11.4. The largest absolute Gasteiger partial charge is 0.369 e. The lowest BCUT2D eigenvalue weighted by Crippen LogP contribution is -2.44. The summed E-state index contributed by atoms with van der Waals surface area (Å²) in [6.45, 7) is 8.14. The minimum atomic E-state index is -0.491. The smallest absolute Gasteiger partial charge is 0.223 e. The van der Waals surface area contributed by atoms with E-state index in [0.29, 0.717) is 6.42 Å². The molecular weight excluding hydrogens is 250 g/mol.